The minimum absolute atomic E-state index is 0.0445. The van der Waals surface area contributed by atoms with Gasteiger partial charge in [-0.2, -0.15) is 0 Å². The lowest BCUT2D eigenvalue weighted by atomic mass is 10.1. The molecule has 16 heavy (non-hydrogen) atoms. The highest BCUT2D eigenvalue weighted by Gasteiger charge is 2.29. The first-order valence-electron chi connectivity index (χ1n) is 4.81. The second-order valence-corrected chi connectivity index (χ2v) is 3.68. The minimum Gasteiger partial charge on any atom is -0.288 e. The first kappa shape index (κ1) is 9.21. The third-order valence-electron chi connectivity index (χ3n) is 2.76. The molecular formula is C13H6F2O. The molecule has 0 aliphatic heterocycles. The van der Waals surface area contributed by atoms with Gasteiger partial charge >= 0.3 is 0 Å². The highest BCUT2D eigenvalue weighted by molar-refractivity contribution is 6.21. The van der Waals surface area contributed by atoms with Crippen molar-refractivity contribution in [2.75, 3.05) is 0 Å². The molecule has 0 bridgehead atoms. The molecule has 0 heterocycles. The van der Waals surface area contributed by atoms with Crippen LogP contribution in [0.25, 0.3) is 11.1 Å². The Labute approximate surface area is 90.3 Å². The summed E-state index contributed by atoms with van der Waals surface area (Å²) >= 11 is 0. The highest BCUT2D eigenvalue weighted by atomic mass is 19.1. The molecule has 0 saturated heterocycles. The highest BCUT2D eigenvalue weighted by Crippen LogP contribution is 2.37. The molecule has 1 nitrogen and oxygen atoms in total. The van der Waals surface area contributed by atoms with Crippen molar-refractivity contribution in [1.29, 1.82) is 0 Å². The molecule has 3 heteroatoms. The third kappa shape index (κ3) is 1.05. The summed E-state index contributed by atoms with van der Waals surface area (Å²) in [4.78, 5) is 11.9. The lowest BCUT2D eigenvalue weighted by Crippen LogP contribution is -1.98. The topological polar surface area (TPSA) is 17.1 Å². The Morgan fingerprint density at radius 1 is 0.875 bits per heavy atom. The van der Waals surface area contributed by atoms with Gasteiger partial charge in [-0.1, -0.05) is 18.2 Å². The van der Waals surface area contributed by atoms with E-state index in [0.717, 1.165) is 6.07 Å². The fraction of sp³-hybridized carbons (Fsp3) is 0. The van der Waals surface area contributed by atoms with Crippen LogP contribution < -0.4 is 0 Å². The number of rotatable bonds is 0. The van der Waals surface area contributed by atoms with Gasteiger partial charge in [-0.3, -0.25) is 4.79 Å². The van der Waals surface area contributed by atoms with Crippen molar-refractivity contribution in [2.45, 2.75) is 0 Å². The summed E-state index contributed by atoms with van der Waals surface area (Å²) in [6.45, 7) is 0. The van der Waals surface area contributed by atoms with Gasteiger partial charge in [0.2, 0.25) is 0 Å². The van der Waals surface area contributed by atoms with Gasteiger partial charge in [0.25, 0.3) is 0 Å². The summed E-state index contributed by atoms with van der Waals surface area (Å²) in [5.41, 5.74) is 1.42. The second-order valence-electron chi connectivity index (χ2n) is 3.68. The quantitative estimate of drug-likeness (QED) is 0.564. The van der Waals surface area contributed by atoms with Crippen molar-refractivity contribution >= 4 is 5.78 Å². The molecule has 0 aromatic heterocycles. The van der Waals surface area contributed by atoms with E-state index in [-0.39, 0.29) is 11.1 Å². The van der Waals surface area contributed by atoms with E-state index in [1.807, 2.05) is 0 Å². The van der Waals surface area contributed by atoms with Gasteiger partial charge in [-0.25, -0.2) is 8.78 Å². The molecule has 1 aliphatic rings. The van der Waals surface area contributed by atoms with Crippen LogP contribution in [0.3, 0.4) is 0 Å². The van der Waals surface area contributed by atoms with Gasteiger partial charge in [0, 0.05) is 5.56 Å². The van der Waals surface area contributed by atoms with E-state index in [1.165, 1.54) is 18.2 Å². The minimum atomic E-state index is -0.556. The van der Waals surface area contributed by atoms with E-state index < -0.39 is 17.4 Å². The van der Waals surface area contributed by atoms with Gasteiger partial charge in [0.1, 0.15) is 11.6 Å². The zero-order valence-electron chi connectivity index (χ0n) is 8.13. The van der Waals surface area contributed by atoms with Gasteiger partial charge in [-0.15, -0.1) is 0 Å². The van der Waals surface area contributed by atoms with Crippen LogP contribution in [0.15, 0.2) is 36.4 Å². The molecule has 0 unspecified atom stereocenters. The Balaban J connectivity index is 2.39. The predicted molar refractivity (Wildman–Crippen MR) is 55.2 cm³/mol. The first-order chi connectivity index (χ1) is 7.68. The number of hydrogen-bond acceptors (Lipinski definition) is 1. The normalized spacial score (nSPS) is 12.5. The van der Waals surface area contributed by atoms with Crippen LogP contribution in [0.1, 0.15) is 15.9 Å². The molecule has 2 aromatic carbocycles. The Morgan fingerprint density at radius 3 is 2.50 bits per heavy atom. The van der Waals surface area contributed by atoms with Crippen molar-refractivity contribution in [3.05, 3.63) is 59.2 Å². The Bertz CT molecular complexity index is 617. The Kier molecular flexibility index (Phi) is 1.72. The zero-order valence-corrected chi connectivity index (χ0v) is 8.13. The molecule has 2 aromatic rings. The van der Waals surface area contributed by atoms with Crippen LogP contribution in [0.4, 0.5) is 8.78 Å². The summed E-state index contributed by atoms with van der Waals surface area (Å²) < 4.78 is 26.5. The number of carbonyl (C=O) groups excluding carboxylic acids is 1. The monoisotopic (exact) mass is 216 g/mol. The average Bonchev–Trinajstić information content (AvgIpc) is 2.54. The van der Waals surface area contributed by atoms with Gasteiger partial charge in [0.15, 0.2) is 5.78 Å². The standard InChI is InChI=1S/C13H6F2O/c14-7-4-5-8-9-2-1-3-11(15)12(9)13(16)10(8)6-7/h1-6H. The summed E-state index contributed by atoms with van der Waals surface area (Å²) in [5.74, 6) is -1.48. The van der Waals surface area contributed by atoms with Crippen LogP contribution in [0.2, 0.25) is 0 Å². The Morgan fingerprint density at radius 2 is 1.69 bits per heavy atom. The summed E-state index contributed by atoms with van der Waals surface area (Å²) in [5, 5.41) is 0. The molecule has 78 valence electrons. The predicted octanol–water partition coefficient (Wildman–Crippen LogP) is 3.18. The fourth-order valence-corrected chi connectivity index (χ4v) is 2.05. The fourth-order valence-electron chi connectivity index (χ4n) is 2.05. The number of ketones is 1. The molecule has 3 rings (SSSR count). The molecule has 0 fully saturated rings. The van der Waals surface area contributed by atoms with Crippen LogP contribution >= 0.6 is 0 Å². The summed E-state index contributed by atoms with van der Waals surface area (Å²) in [6.07, 6.45) is 0. The Hall–Kier alpha value is -2.03. The van der Waals surface area contributed by atoms with Crippen molar-refractivity contribution in [3.8, 4) is 11.1 Å². The number of fused-ring (bicyclic) bond motifs is 3. The molecule has 1 aliphatic carbocycles. The van der Waals surface area contributed by atoms with Gasteiger partial charge in [0.05, 0.1) is 5.56 Å². The van der Waals surface area contributed by atoms with Crippen LogP contribution in [-0.4, -0.2) is 5.78 Å². The zero-order chi connectivity index (χ0) is 11.3. The SMILES string of the molecule is O=C1c2cc(F)ccc2-c2cccc(F)c21. The van der Waals surface area contributed by atoms with Crippen molar-refractivity contribution in [2.24, 2.45) is 0 Å². The molecular weight excluding hydrogens is 210 g/mol. The molecule has 0 N–H and O–H groups in total. The number of hydrogen-bond donors (Lipinski definition) is 0. The van der Waals surface area contributed by atoms with E-state index in [9.17, 15) is 13.6 Å². The molecule has 0 atom stereocenters. The largest absolute Gasteiger partial charge is 0.288 e. The van der Waals surface area contributed by atoms with Crippen LogP contribution in [0.5, 0.6) is 0 Å². The van der Waals surface area contributed by atoms with Crippen LogP contribution in [0, 0.1) is 11.6 Å². The van der Waals surface area contributed by atoms with E-state index in [1.54, 1.807) is 12.1 Å². The van der Waals surface area contributed by atoms with Gasteiger partial charge < -0.3 is 0 Å². The summed E-state index contributed by atoms with van der Waals surface area (Å²) in [7, 11) is 0. The van der Waals surface area contributed by atoms with E-state index in [0.29, 0.717) is 11.1 Å². The number of benzene rings is 2. The van der Waals surface area contributed by atoms with Crippen molar-refractivity contribution in [3.63, 3.8) is 0 Å². The first-order valence-corrected chi connectivity index (χ1v) is 4.81. The van der Waals surface area contributed by atoms with Crippen molar-refractivity contribution < 1.29 is 13.6 Å². The molecule has 0 saturated carbocycles. The summed E-state index contributed by atoms with van der Waals surface area (Å²) in [6, 6.07) is 8.37. The molecule has 0 spiro atoms. The lowest BCUT2D eigenvalue weighted by molar-refractivity contribution is 0.103. The number of carbonyl (C=O) groups is 1. The van der Waals surface area contributed by atoms with Crippen LogP contribution in [-0.2, 0) is 0 Å². The average molecular weight is 216 g/mol. The third-order valence-corrected chi connectivity index (χ3v) is 2.76. The van der Waals surface area contributed by atoms with Gasteiger partial charge in [-0.05, 0) is 29.3 Å². The maximum Gasteiger partial charge on any atom is 0.197 e. The van der Waals surface area contributed by atoms with E-state index in [2.05, 4.69) is 0 Å². The number of halogens is 2. The molecule has 0 amide bonds. The van der Waals surface area contributed by atoms with E-state index in [4.69, 9.17) is 0 Å². The lowest BCUT2D eigenvalue weighted by Gasteiger charge is -1.98. The second kappa shape index (κ2) is 2.98. The van der Waals surface area contributed by atoms with E-state index >= 15 is 0 Å². The smallest absolute Gasteiger partial charge is 0.197 e. The molecule has 0 radical (unpaired) electrons. The maximum absolute atomic E-state index is 13.5. The van der Waals surface area contributed by atoms with Crippen molar-refractivity contribution in [1.82, 2.24) is 0 Å². The maximum atomic E-state index is 13.5.